The molecular weight excluding hydrogens is 448 g/mol. The Hall–Kier alpha value is -4.24. The smallest absolute Gasteiger partial charge is 0.281 e. The van der Waals surface area contributed by atoms with Gasteiger partial charge in [-0.1, -0.05) is 56.3 Å². The van der Waals surface area contributed by atoms with E-state index in [4.69, 9.17) is 4.74 Å². The second-order valence-electron chi connectivity index (χ2n) is 8.52. The summed E-state index contributed by atoms with van der Waals surface area (Å²) in [6.07, 6.45) is 3.99. The van der Waals surface area contributed by atoms with Crippen molar-refractivity contribution in [3.8, 4) is 34.2 Å². The number of benzene rings is 2. The van der Waals surface area contributed by atoms with Crippen LogP contribution in [0.5, 0.6) is 5.88 Å². The van der Waals surface area contributed by atoms with E-state index in [9.17, 15) is 10.1 Å². The lowest BCUT2D eigenvalue weighted by Gasteiger charge is -2.20. The van der Waals surface area contributed by atoms with Crippen molar-refractivity contribution in [1.29, 1.82) is 5.26 Å². The molecule has 0 N–H and O–H groups in total. The molecule has 0 saturated heterocycles. The van der Waals surface area contributed by atoms with Crippen molar-refractivity contribution in [1.82, 2.24) is 14.5 Å². The lowest BCUT2D eigenvalue weighted by Crippen LogP contribution is -2.24. The lowest BCUT2D eigenvalue weighted by molar-refractivity contribution is 0.327. The van der Waals surface area contributed by atoms with Crippen molar-refractivity contribution in [3.05, 3.63) is 99.9 Å². The summed E-state index contributed by atoms with van der Waals surface area (Å²) in [5.74, 6) is 1.33. The molecular formula is C30H30N4O2. The van der Waals surface area contributed by atoms with E-state index in [1.54, 1.807) is 12.3 Å². The Kier molecular flexibility index (Phi) is 7.92. The molecule has 2 aromatic carbocycles. The Labute approximate surface area is 211 Å². The maximum absolute atomic E-state index is 13.2. The lowest BCUT2D eigenvalue weighted by atomic mass is 9.99. The number of hydrogen-bond acceptors (Lipinski definition) is 5. The van der Waals surface area contributed by atoms with Gasteiger partial charge in [-0.3, -0.25) is 4.79 Å². The first-order chi connectivity index (χ1) is 17.6. The fourth-order valence-electron chi connectivity index (χ4n) is 4.47. The van der Waals surface area contributed by atoms with Crippen LogP contribution >= 0.6 is 0 Å². The van der Waals surface area contributed by atoms with Crippen molar-refractivity contribution in [3.63, 3.8) is 0 Å². The molecule has 0 unspecified atom stereocenters. The van der Waals surface area contributed by atoms with E-state index in [1.165, 1.54) is 0 Å². The number of rotatable bonds is 9. The van der Waals surface area contributed by atoms with E-state index in [2.05, 4.69) is 46.6 Å². The second-order valence-corrected chi connectivity index (χ2v) is 8.52. The number of ether oxygens (including phenoxy) is 1. The molecule has 2 heterocycles. The third-order valence-electron chi connectivity index (χ3n) is 6.15. The maximum Gasteiger partial charge on any atom is 0.281 e. The van der Waals surface area contributed by atoms with Crippen LogP contribution in [0.15, 0.2) is 71.7 Å². The van der Waals surface area contributed by atoms with Crippen LogP contribution in [-0.2, 0) is 19.4 Å². The fraction of sp³-hybridized carbons (Fsp3) is 0.267. The molecule has 4 aromatic rings. The van der Waals surface area contributed by atoms with Crippen molar-refractivity contribution in [2.24, 2.45) is 0 Å². The van der Waals surface area contributed by atoms with Crippen molar-refractivity contribution in [2.75, 3.05) is 6.61 Å². The Morgan fingerprint density at radius 3 is 2.36 bits per heavy atom. The average Bonchev–Trinajstić information content (AvgIpc) is 2.91. The van der Waals surface area contributed by atoms with E-state index < -0.39 is 0 Å². The minimum Gasteiger partial charge on any atom is -0.478 e. The molecule has 0 aliphatic heterocycles. The fourth-order valence-corrected chi connectivity index (χ4v) is 4.47. The normalized spacial score (nSPS) is 10.7. The zero-order valence-corrected chi connectivity index (χ0v) is 21.0. The summed E-state index contributed by atoms with van der Waals surface area (Å²) in [4.78, 5) is 22.0. The minimum atomic E-state index is -0.221. The molecule has 0 amide bonds. The summed E-state index contributed by atoms with van der Waals surface area (Å²) in [7, 11) is 0. The number of aromatic nitrogens is 3. The zero-order chi connectivity index (χ0) is 25.5. The van der Waals surface area contributed by atoms with Crippen LogP contribution in [0.2, 0.25) is 0 Å². The Morgan fingerprint density at radius 1 is 0.972 bits per heavy atom. The largest absolute Gasteiger partial charge is 0.478 e. The molecule has 0 aliphatic carbocycles. The molecule has 0 spiro atoms. The van der Waals surface area contributed by atoms with E-state index in [1.807, 2.05) is 49.4 Å². The highest BCUT2D eigenvalue weighted by Gasteiger charge is 2.18. The molecule has 0 atom stereocenters. The van der Waals surface area contributed by atoms with Crippen molar-refractivity contribution < 1.29 is 4.74 Å². The summed E-state index contributed by atoms with van der Waals surface area (Å²) < 4.78 is 7.64. The first-order valence-corrected chi connectivity index (χ1v) is 12.4. The van der Waals surface area contributed by atoms with Crippen LogP contribution in [0.3, 0.4) is 0 Å². The molecule has 36 heavy (non-hydrogen) atoms. The third-order valence-corrected chi connectivity index (χ3v) is 6.15. The highest BCUT2D eigenvalue weighted by Crippen LogP contribution is 2.26. The van der Waals surface area contributed by atoms with Gasteiger partial charge in [0, 0.05) is 36.5 Å². The van der Waals surface area contributed by atoms with Gasteiger partial charge in [0.1, 0.15) is 5.82 Å². The van der Waals surface area contributed by atoms with Crippen LogP contribution in [0.1, 0.15) is 49.8 Å². The van der Waals surface area contributed by atoms with Gasteiger partial charge in [-0.25, -0.2) is 4.98 Å². The average molecular weight is 479 g/mol. The van der Waals surface area contributed by atoms with Gasteiger partial charge in [-0.15, -0.1) is 0 Å². The summed E-state index contributed by atoms with van der Waals surface area (Å²) in [6.45, 7) is 7.20. The highest BCUT2D eigenvalue weighted by molar-refractivity contribution is 5.70. The Morgan fingerprint density at radius 2 is 1.72 bits per heavy atom. The van der Waals surface area contributed by atoms with E-state index in [0.717, 1.165) is 46.6 Å². The molecule has 4 rings (SSSR count). The van der Waals surface area contributed by atoms with Gasteiger partial charge in [0.2, 0.25) is 5.88 Å². The van der Waals surface area contributed by atoms with E-state index >= 15 is 0 Å². The van der Waals surface area contributed by atoms with Crippen LogP contribution in [-0.4, -0.2) is 21.1 Å². The van der Waals surface area contributed by atoms with Gasteiger partial charge in [0.05, 0.1) is 23.8 Å². The number of nitrogens with zero attached hydrogens (tertiary/aromatic N) is 4. The van der Waals surface area contributed by atoms with Crippen LogP contribution in [0, 0.1) is 11.3 Å². The zero-order valence-electron chi connectivity index (χ0n) is 21.0. The van der Waals surface area contributed by atoms with Crippen LogP contribution in [0.25, 0.3) is 22.3 Å². The monoisotopic (exact) mass is 478 g/mol. The predicted octanol–water partition coefficient (Wildman–Crippen LogP) is 5.81. The van der Waals surface area contributed by atoms with E-state index in [-0.39, 0.29) is 5.56 Å². The molecule has 6 heteroatoms. The van der Waals surface area contributed by atoms with Crippen molar-refractivity contribution in [2.45, 2.75) is 46.6 Å². The van der Waals surface area contributed by atoms with Gasteiger partial charge in [0.15, 0.2) is 0 Å². The Balaban J connectivity index is 1.75. The second kappa shape index (κ2) is 11.5. The molecule has 182 valence electrons. The molecule has 0 bridgehead atoms. The quantitative estimate of drug-likeness (QED) is 0.303. The first kappa shape index (κ1) is 24.9. The summed E-state index contributed by atoms with van der Waals surface area (Å²) >= 11 is 0. The molecule has 0 saturated carbocycles. The summed E-state index contributed by atoms with van der Waals surface area (Å²) in [5.41, 5.74) is 5.73. The SMILES string of the molecule is CCCc1nc(=O)c(-c2ccc(OCC)nc2)c(CC)n1Cc1ccc(-c2ccccc2C#N)cc1. The van der Waals surface area contributed by atoms with Gasteiger partial charge in [-0.2, -0.15) is 10.2 Å². The maximum atomic E-state index is 13.2. The summed E-state index contributed by atoms with van der Waals surface area (Å²) in [5, 5.41) is 9.45. The number of pyridine rings is 1. The standard InChI is InChI=1S/C30H30N4O2/c1-4-9-27-33-30(35)29(24-16-17-28(32-19-24)36-6-3)26(5-2)34(27)20-21-12-14-22(15-13-21)25-11-8-7-10-23(25)18-31/h7-8,10-17,19H,4-6,9,20H2,1-3H3. The van der Waals surface area contributed by atoms with Gasteiger partial charge in [-0.05, 0) is 48.6 Å². The van der Waals surface area contributed by atoms with Gasteiger partial charge >= 0.3 is 0 Å². The Bertz CT molecular complexity index is 1430. The molecule has 2 aromatic heterocycles. The number of aryl methyl sites for hydroxylation is 1. The van der Waals surface area contributed by atoms with Gasteiger partial charge < -0.3 is 9.30 Å². The highest BCUT2D eigenvalue weighted by atomic mass is 16.5. The third kappa shape index (κ3) is 5.21. The topological polar surface area (TPSA) is 80.8 Å². The summed E-state index contributed by atoms with van der Waals surface area (Å²) in [6, 6.07) is 21.8. The predicted molar refractivity (Wildman–Crippen MR) is 142 cm³/mol. The van der Waals surface area contributed by atoms with Crippen LogP contribution < -0.4 is 10.3 Å². The van der Waals surface area contributed by atoms with Gasteiger partial charge in [0.25, 0.3) is 5.56 Å². The first-order valence-electron chi connectivity index (χ1n) is 12.4. The molecule has 0 fully saturated rings. The molecule has 0 radical (unpaired) electrons. The van der Waals surface area contributed by atoms with Crippen LogP contribution in [0.4, 0.5) is 0 Å². The minimum absolute atomic E-state index is 0.221. The van der Waals surface area contributed by atoms with Crippen molar-refractivity contribution >= 4 is 0 Å². The number of nitriles is 1. The molecule has 6 nitrogen and oxygen atoms in total. The number of hydrogen-bond donors (Lipinski definition) is 0. The van der Waals surface area contributed by atoms with E-state index in [0.29, 0.717) is 36.6 Å². The molecule has 0 aliphatic rings.